The second kappa shape index (κ2) is 11.8. The minimum Gasteiger partial charge on any atom is -0.417 e. The van der Waals surface area contributed by atoms with Gasteiger partial charge in [0.05, 0.1) is 19.3 Å². The highest BCUT2D eigenvalue weighted by Crippen LogP contribution is 2.31. The first-order valence-electron chi connectivity index (χ1n) is 10.5. The van der Waals surface area contributed by atoms with E-state index in [1.54, 1.807) is 0 Å². The molecule has 0 aromatic rings. The predicted molar refractivity (Wildman–Crippen MR) is 131 cm³/mol. The Bertz CT molecular complexity index is 456. The molecular weight excluding hydrogens is 437 g/mol. The second-order valence-corrected chi connectivity index (χ2v) is 27.5. The third-order valence-electron chi connectivity index (χ3n) is 3.21. The molecular formula is C19H46O6Si4. The molecule has 10 heteroatoms. The van der Waals surface area contributed by atoms with Crippen LogP contribution >= 0.6 is 0 Å². The number of rotatable bonds is 15. The molecule has 2 atom stereocenters. The molecule has 2 unspecified atom stereocenters. The maximum atomic E-state index is 10.2. The zero-order valence-electron chi connectivity index (χ0n) is 20.7. The first-order chi connectivity index (χ1) is 12.9. The molecule has 174 valence electrons. The van der Waals surface area contributed by atoms with E-state index in [4.69, 9.17) is 21.8 Å². The highest BCUT2D eigenvalue weighted by atomic mass is 28.5. The van der Waals surface area contributed by atoms with E-state index < -0.39 is 40.0 Å². The standard InChI is InChI=1S/C19H46O6Si4/c1-13-19(20)22-18(15-21-14-17(2)3)16-29(23-26(4,5)6,24-27(7,8)9)25-28(10,11)12/h18-20H,2,13-16H2,1,3-12H3. The van der Waals surface area contributed by atoms with Gasteiger partial charge in [0.1, 0.15) is 0 Å². The fourth-order valence-electron chi connectivity index (χ4n) is 2.70. The van der Waals surface area contributed by atoms with Crippen LogP contribution in [0, 0.1) is 0 Å². The lowest BCUT2D eigenvalue weighted by Crippen LogP contribution is -2.62. The Labute approximate surface area is 183 Å². The van der Waals surface area contributed by atoms with Crippen LogP contribution in [0.15, 0.2) is 12.2 Å². The maximum absolute atomic E-state index is 10.2. The van der Waals surface area contributed by atoms with Crippen molar-refractivity contribution < 1.29 is 26.9 Å². The number of ether oxygens (including phenoxy) is 2. The van der Waals surface area contributed by atoms with E-state index in [0.29, 0.717) is 25.7 Å². The van der Waals surface area contributed by atoms with Gasteiger partial charge in [-0.3, -0.25) is 0 Å². The van der Waals surface area contributed by atoms with Crippen LogP contribution in [0.4, 0.5) is 0 Å². The molecule has 0 aromatic heterocycles. The lowest BCUT2D eigenvalue weighted by atomic mass is 10.4. The molecule has 0 amide bonds. The summed E-state index contributed by atoms with van der Waals surface area (Å²) in [4.78, 5) is 0. The molecule has 6 nitrogen and oxygen atoms in total. The molecule has 0 heterocycles. The summed E-state index contributed by atoms with van der Waals surface area (Å²) in [6.45, 7) is 27.9. The predicted octanol–water partition coefficient (Wildman–Crippen LogP) is 5.19. The lowest BCUT2D eigenvalue weighted by molar-refractivity contribution is -0.148. The Hall–Kier alpha value is 0.368. The smallest absolute Gasteiger partial charge is 0.417 e. The van der Waals surface area contributed by atoms with Gasteiger partial charge in [0.25, 0.3) is 0 Å². The fourth-order valence-corrected chi connectivity index (χ4v) is 17.3. The van der Waals surface area contributed by atoms with E-state index >= 15 is 0 Å². The summed E-state index contributed by atoms with van der Waals surface area (Å²) in [5.74, 6) is 0. The summed E-state index contributed by atoms with van der Waals surface area (Å²) in [6.07, 6.45) is -0.727. The van der Waals surface area contributed by atoms with E-state index in [9.17, 15) is 5.11 Å². The van der Waals surface area contributed by atoms with Gasteiger partial charge in [-0.05, 0) is 72.3 Å². The van der Waals surface area contributed by atoms with Gasteiger partial charge in [-0.15, -0.1) is 0 Å². The zero-order valence-corrected chi connectivity index (χ0v) is 24.7. The number of hydrogen-bond acceptors (Lipinski definition) is 6. The van der Waals surface area contributed by atoms with Crippen molar-refractivity contribution in [3.63, 3.8) is 0 Å². The van der Waals surface area contributed by atoms with E-state index in [-0.39, 0.29) is 6.10 Å². The van der Waals surface area contributed by atoms with E-state index in [0.717, 1.165) is 5.57 Å². The summed E-state index contributed by atoms with van der Waals surface area (Å²) in [5.41, 5.74) is 0.943. The lowest BCUT2D eigenvalue weighted by Gasteiger charge is -2.44. The first kappa shape index (κ1) is 29.4. The SMILES string of the molecule is C=C(C)COCC(C[Si](O[Si](C)(C)C)(O[Si](C)(C)C)O[Si](C)(C)C)OC(O)CC. The maximum Gasteiger partial charge on any atom is 0.472 e. The van der Waals surface area contributed by atoms with Gasteiger partial charge in [0.15, 0.2) is 31.2 Å². The van der Waals surface area contributed by atoms with Crippen LogP contribution in [-0.4, -0.2) is 64.5 Å². The third kappa shape index (κ3) is 15.8. The first-order valence-corrected chi connectivity index (χ1v) is 22.7. The van der Waals surface area contributed by atoms with Crippen molar-refractivity contribution in [2.45, 2.75) is 97.6 Å². The second-order valence-electron chi connectivity index (χ2n) is 10.6. The van der Waals surface area contributed by atoms with Crippen LogP contribution in [0.2, 0.25) is 65.0 Å². The van der Waals surface area contributed by atoms with Gasteiger partial charge < -0.3 is 26.9 Å². The average Bonchev–Trinajstić information content (AvgIpc) is 2.40. The van der Waals surface area contributed by atoms with Gasteiger partial charge in [0.2, 0.25) is 0 Å². The molecule has 0 aliphatic heterocycles. The van der Waals surface area contributed by atoms with Crippen molar-refractivity contribution in [1.82, 2.24) is 0 Å². The van der Waals surface area contributed by atoms with Crippen LogP contribution in [-0.2, 0) is 21.8 Å². The van der Waals surface area contributed by atoms with Crippen LogP contribution in [0.1, 0.15) is 20.3 Å². The largest absolute Gasteiger partial charge is 0.472 e. The van der Waals surface area contributed by atoms with Gasteiger partial charge in [-0.2, -0.15) is 0 Å². The Balaban J connectivity index is 5.91. The molecule has 0 aliphatic carbocycles. The fraction of sp³-hybridized carbons (Fsp3) is 0.895. The van der Waals surface area contributed by atoms with Gasteiger partial charge in [-0.25, -0.2) is 0 Å². The summed E-state index contributed by atoms with van der Waals surface area (Å²) in [7, 11) is -8.99. The van der Waals surface area contributed by atoms with Crippen molar-refractivity contribution in [2.24, 2.45) is 0 Å². The zero-order chi connectivity index (χ0) is 23.1. The molecule has 0 rings (SSSR count). The topological polar surface area (TPSA) is 66.4 Å². The number of aliphatic hydroxyl groups excluding tert-OH is 1. The highest BCUT2D eigenvalue weighted by molar-refractivity contribution is 6.90. The van der Waals surface area contributed by atoms with Gasteiger partial charge in [0, 0.05) is 6.04 Å². The van der Waals surface area contributed by atoms with Crippen LogP contribution in [0.25, 0.3) is 0 Å². The third-order valence-corrected chi connectivity index (χ3v) is 15.2. The molecule has 0 aromatic carbocycles. The summed E-state index contributed by atoms with van der Waals surface area (Å²) in [5, 5.41) is 10.2. The Morgan fingerprint density at radius 2 is 1.28 bits per heavy atom. The van der Waals surface area contributed by atoms with Gasteiger partial charge in [-0.1, -0.05) is 19.1 Å². The number of aliphatic hydroxyl groups is 1. The Morgan fingerprint density at radius 1 is 0.862 bits per heavy atom. The molecule has 0 aliphatic rings. The molecule has 29 heavy (non-hydrogen) atoms. The Morgan fingerprint density at radius 3 is 1.59 bits per heavy atom. The molecule has 0 fully saturated rings. The normalized spacial score (nSPS) is 16.0. The summed E-state index contributed by atoms with van der Waals surface area (Å²) in [6, 6.07) is 0.471. The minimum absolute atomic E-state index is 0.331. The van der Waals surface area contributed by atoms with Crippen molar-refractivity contribution >= 4 is 33.8 Å². The molecule has 0 bridgehead atoms. The molecule has 0 radical (unpaired) electrons. The van der Waals surface area contributed by atoms with Crippen LogP contribution in [0.3, 0.4) is 0 Å². The quantitative estimate of drug-likeness (QED) is 0.197. The van der Waals surface area contributed by atoms with Crippen molar-refractivity contribution in [3.05, 3.63) is 12.2 Å². The van der Waals surface area contributed by atoms with E-state index in [1.165, 1.54) is 0 Å². The molecule has 0 saturated heterocycles. The molecule has 0 spiro atoms. The van der Waals surface area contributed by atoms with Crippen LogP contribution < -0.4 is 0 Å². The van der Waals surface area contributed by atoms with Gasteiger partial charge >= 0.3 is 8.80 Å². The molecule has 0 saturated carbocycles. The monoisotopic (exact) mass is 482 g/mol. The van der Waals surface area contributed by atoms with E-state index in [2.05, 4.69) is 65.5 Å². The Kier molecular flexibility index (Phi) is 12.0. The molecule has 1 N–H and O–H groups in total. The average molecular weight is 483 g/mol. The van der Waals surface area contributed by atoms with Crippen molar-refractivity contribution in [3.8, 4) is 0 Å². The summed E-state index contributed by atoms with van der Waals surface area (Å²) >= 11 is 0. The van der Waals surface area contributed by atoms with E-state index in [1.807, 2.05) is 13.8 Å². The van der Waals surface area contributed by atoms with Crippen LogP contribution in [0.5, 0.6) is 0 Å². The number of hydrogen-bond donors (Lipinski definition) is 1. The highest BCUT2D eigenvalue weighted by Gasteiger charge is 2.51. The minimum atomic E-state index is -3.07. The van der Waals surface area contributed by atoms with Crippen molar-refractivity contribution in [2.75, 3.05) is 13.2 Å². The summed E-state index contributed by atoms with van der Waals surface area (Å²) < 4.78 is 31.9. The van der Waals surface area contributed by atoms with Crippen molar-refractivity contribution in [1.29, 1.82) is 0 Å².